The molecule has 0 unspecified atom stereocenters. The van der Waals surface area contributed by atoms with Crippen LogP contribution in [0.25, 0.3) is 0 Å². The van der Waals surface area contributed by atoms with Gasteiger partial charge in [-0.1, -0.05) is 26.0 Å². The summed E-state index contributed by atoms with van der Waals surface area (Å²) < 4.78 is 11.5. The van der Waals surface area contributed by atoms with Crippen LogP contribution in [0.2, 0.25) is 0 Å². The van der Waals surface area contributed by atoms with Gasteiger partial charge in [0.1, 0.15) is 0 Å². The highest BCUT2D eigenvalue weighted by molar-refractivity contribution is 5.39. The topological polar surface area (TPSA) is 30.5 Å². The summed E-state index contributed by atoms with van der Waals surface area (Å²) in [5.74, 6) is 1.63. The smallest absolute Gasteiger partial charge is 0.161 e. The average molecular weight is 279 g/mol. The molecular weight excluding hydrogens is 250 g/mol. The normalized spacial score (nSPS) is 12.3. The van der Waals surface area contributed by atoms with E-state index in [9.17, 15) is 0 Å². The Morgan fingerprint density at radius 1 is 0.950 bits per heavy atom. The molecule has 0 aliphatic carbocycles. The molecule has 0 heterocycles. The van der Waals surface area contributed by atoms with Crippen LogP contribution in [0.5, 0.6) is 11.5 Å². The van der Waals surface area contributed by atoms with Gasteiger partial charge in [0.25, 0.3) is 0 Å². The third-order valence-electron chi connectivity index (χ3n) is 2.86. The second-order valence-electron chi connectivity index (χ2n) is 6.94. The van der Waals surface area contributed by atoms with Gasteiger partial charge in [-0.25, -0.2) is 0 Å². The summed E-state index contributed by atoms with van der Waals surface area (Å²) in [5.41, 5.74) is 0.188. The van der Waals surface area contributed by atoms with E-state index in [4.69, 9.17) is 9.47 Å². The molecule has 0 aromatic heterocycles. The molecule has 3 nitrogen and oxygen atoms in total. The predicted molar refractivity (Wildman–Crippen MR) is 84.6 cm³/mol. The van der Waals surface area contributed by atoms with Gasteiger partial charge in [0.2, 0.25) is 0 Å². The van der Waals surface area contributed by atoms with Crippen LogP contribution in [0, 0.1) is 5.41 Å². The molecule has 0 fully saturated rings. The third-order valence-corrected chi connectivity index (χ3v) is 2.86. The lowest BCUT2D eigenvalue weighted by atomic mass is 9.93. The summed E-state index contributed by atoms with van der Waals surface area (Å²) in [7, 11) is 0. The Kier molecular flexibility index (Phi) is 5.88. The Hall–Kier alpha value is -1.22. The maximum absolute atomic E-state index is 5.95. The summed E-state index contributed by atoms with van der Waals surface area (Å²) in [4.78, 5) is 0. The van der Waals surface area contributed by atoms with Gasteiger partial charge >= 0.3 is 0 Å². The van der Waals surface area contributed by atoms with E-state index in [1.165, 1.54) is 0 Å². The maximum Gasteiger partial charge on any atom is 0.161 e. The molecule has 1 aromatic carbocycles. The van der Waals surface area contributed by atoms with Crippen molar-refractivity contribution in [1.82, 2.24) is 5.32 Å². The first-order valence-electron chi connectivity index (χ1n) is 7.33. The zero-order valence-corrected chi connectivity index (χ0v) is 13.7. The number of ether oxygens (including phenoxy) is 2. The molecule has 114 valence electrons. The van der Waals surface area contributed by atoms with Crippen LogP contribution >= 0.6 is 0 Å². The molecule has 0 aliphatic heterocycles. The first-order valence-corrected chi connectivity index (χ1v) is 7.33. The highest BCUT2D eigenvalue weighted by Gasteiger charge is 2.22. The van der Waals surface area contributed by atoms with Crippen LogP contribution in [0.1, 0.15) is 41.5 Å². The first kappa shape index (κ1) is 16.8. The molecule has 3 heteroatoms. The molecule has 1 rings (SSSR count). The zero-order valence-electron chi connectivity index (χ0n) is 13.7. The van der Waals surface area contributed by atoms with Gasteiger partial charge in [-0.15, -0.1) is 0 Å². The van der Waals surface area contributed by atoms with Crippen LogP contribution in [0.3, 0.4) is 0 Å². The van der Waals surface area contributed by atoms with E-state index >= 15 is 0 Å². The molecule has 1 N–H and O–H groups in total. The van der Waals surface area contributed by atoms with Gasteiger partial charge in [-0.05, 0) is 39.8 Å². The summed E-state index contributed by atoms with van der Waals surface area (Å²) in [6.45, 7) is 15.1. The Morgan fingerprint density at radius 2 is 1.50 bits per heavy atom. The van der Waals surface area contributed by atoms with E-state index in [0.29, 0.717) is 13.2 Å². The van der Waals surface area contributed by atoms with Crippen molar-refractivity contribution in [3.63, 3.8) is 0 Å². The fraction of sp³-hybridized carbons (Fsp3) is 0.647. The zero-order chi connectivity index (χ0) is 15.2. The second-order valence-corrected chi connectivity index (χ2v) is 6.94. The van der Waals surface area contributed by atoms with E-state index in [1.54, 1.807) is 0 Å². The van der Waals surface area contributed by atoms with E-state index in [0.717, 1.165) is 18.0 Å². The first-order chi connectivity index (χ1) is 9.23. The summed E-state index contributed by atoms with van der Waals surface area (Å²) in [6.07, 6.45) is 0. The van der Waals surface area contributed by atoms with Gasteiger partial charge in [0, 0.05) is 17.5 Å². The quantitative estimate of drug-likeness (QED) is 0.821. The molecular formula is C17H29NO2. The van der Waals surface area contributed by atoms with Crippen molar-refractivity contribution in [2.45, 2.75) is 47.1 Å². The van der Waals surface area contributed by atoms with Crippen molar-refractivity contribution in [2.75, 3.05) is 19.8 Å². The Balaban J connectivity index is 2.57. The molecule has 1 aromatic rings. The monoisotopic (exact) mass is 279 g/mol. The van der Waals surface area contributed by atoms with Crippen molar-refractivity contribution < 1.29 is 9.47 Å². The van der Waals surface area contributed by atoms with Gasteiger partial charge in [-0.2, -0.15) is 0 Å². The third kappa shape index (κ3) is 6.29. The van der Waals surface area contributed by atoms with E-state index in [1.807, 2.05) is 31.2 Å². The van der Waals surface area contributed by atoms with Crippen LogP contribution < -0.4 is 14.8 Å². The largest absolute Gasteiger partial charge is 0.490 e. The van der Waals surface area contributed by atoms with Gasteiger partial charge in [0.15, 0.2) is 11.5 Å². The molecule has 0 amide bonds. The minimum Gasteiger partial charge on any atom is -0.490 e. The Labute approximate surface area is 123 Å². The lowest BCUT2D eigenvalue weighted by Gasteiger charge is -2.30. The van der Waals surface area contributed by atoms with Gasteiger partial charge < -0.3 is 14.8 Å². The molecule has 0 saturated heterocycles. The molecule has 0 aliphatic rings. The fourth-order valence-corrected chi connectivity index (χ4v) is 1.67. The van der Waals surface area contributed by atoms with Crippen LogP contribution in [0.4, 0.5) is 0 Å². The fourth-order valence-electron chi connectivity index (χ4n) is 1.67. The van der Waals surface area contributed by atoms with Crippen molar-refractivity contribution in [1.29, 1.82) is 0 Å². The predicted octanol–water partition coefficient (Wildman–Crippen LogP) is 3.88. The standard InChI is InChI=1S/C17H29NO2/c1-7-19-14-10-8-9-11-15(14)20-13-17(5,6)12-18-16(2,3)4/h8-11,18H,7,12-13H2,1-6H3. The number of rotatable bonds is 7. The van der Waals surface area contributed by atoms with E-state index < -0.39 is 0 Å². The van der Waals surface area contributed by atoms with Gasteiger partial charge in [0.05, 0.1) is 13.2 Å². The van der Waals surface area contributed by atoms with Crippen molar-refractivity contribution in [3.05, 3.63) is 24.3 Å². The number of para-hydroxylation sites is 2. The highest BCUT2D eigenvalue weighted by Crippen LogP contribution is 2.28. The lowest BCUT2D eigenvalue weighted by Crippen LogP contribution is -2.43. The van der Waals surface area contributed by atoms with Crippen LogP contribution in [-0.4, -0.2) is 25.3 Å². The SMILES string of the molecule is CCOc1ccccc1OCC(C)(C)CNC(C)(C)C. The Bertz CT molecular complexity index is 408. The van der Waals surface area contributed by atoms with Crippen molar-refractivity contribution >= 4 is 0 Å². The van der Waals surface area contributed by atoms with Crippen molar-refractivity contribution in [2.24, 2.45) is 5.41 Å². The second kappa shape index (κ2) is 6.98. The maximum atomic E-state index is 5.95. The molecule has 0 radical (unpaired) electrons. The van der Waals surface area contributed by atoms with E-state index in [2.05, 4.69) is 39.9 Å². The van der Waals surface area contributed by atoms with Crippen LogP contribution in [-0.2, 0) is 0 Å². The van der Waals surface area contributed by atoms with Gasteiger partial charge in [-0.3, -0.25) is 0 Å². The minimum atomic E-state index is 0.0621. The van der Waals surface area contributed by atoms with Crippen LogP contribution in [0.15, 0.2) is 24.3 Å². The summed E-state index contributed by atoms with van der Waals surface area (Å²) in [5, 5.41) is 3.53. The Morgan fingerprint density at radius 3 is 2.00 bits per heavy atom. The number of nitrogens with one attached hydrogen (secondary N) is 1. The highest BCUT2D eigenvalue weighted by atomic mass is 16.5. The average Bonchev–Trinajstić information content (AvgIpc) is 2.35. The van der Waals surface area contributed by atoms with Crippen molar-refractivity contribution in [3.8, 4) is 11.5 Å². The number of hydrogen-bond acceptors (Lipinski definition) is 3. The lowest BCUT2D eigenvalue weighted by molar-refractivity contribution is 0.160. The summed E-state index contributed by atoms with van der Waals surface area (Å²) >= 11 is 0. The molecule has 0 bridgehead atoms. The molecule has 0 spiro atoms. The molecule has 20 heavy (non-hydrogen) atoms. The number of hydrogen-bond donors (Lipinski definition) is 1. The molecule has 0 saturated carbocycles. The molecule has 0 atom stereocenters. The number of benzene rings is 1. The minimum absolute atomic E-state index is 0.0621. The van der Waals surface area contributed by atoms with E-state index in [-0.39, 0.29) is 11.0 Å². The summed E-state index contributed by atoms with van der Waals surface area (Å²) in [6, 6.07) is 7.83.